The van der Waals surface area contributed by atoms with Gasteiger partial charge in [-0.05, 0) is 38.1 Å². The molecule has 0 atom stereocenters. The zero-order chi connectivity index (χ0) is 19.7. The van der Waals surface area contributed by atoms with Crippen LogP contribution in [0.4, 0.5) is 16.0 Å². The molecule has 7 nitrogen and oxygen atoms in total. The highest BCUT2D eigenvalue weighted by atomic mass is 19.1. The Hall–Kier alpha value is -3.16. The number of carbonyl (C=O) groups is 1. The van der Waals surface area contributed by atoms with Crippen molar-refractivity contribution in [2.45, 2.75) is 19.9 Å². The molecule has 0 bridgehead atoms. The van der Waals surface area contributed by atoms with E-state index in [0.717, 1.165) is 17.2 Å². The van der Waals surface area contributed by atoms with E-state index in [1.165, 1.54) is 12.1 Å². The van der Waals surface area contributed by atoms with Gasteiger partial charge < -0.3 is 20.1 Å². The number of hydrogen-bond acceptors (Lipinski definition) is 5. The van der Waals surface area contributed by atoms with Crippen LogP contribution in [0.5, 0.6) is 0 Å². The Morgan fingerprint density at radius 3 is 2.64 bits per heavy atom. The summed E-state index contributed by atoms with van der Waals surface area (Å²) in [6, 6.07) is 6.43. The van der Waals surface area contributed by atoms with Gasteiger partial charge in [0.2, 0.25) is 0 Å². The molecule has 4 rings (SSSR count). The Morgan fingerprint density at radius 1 is 1.14 bits per heavy atom. The topological polar surface area (TPSA) is 77.2 Å². The summed E-state index contributed by atoms with van der Waals surface area (Å²) in [7, 11) is 0. The maximum absolute atomic E-state index is 13.4. The summed E-state index contributed by atoms with van der Waals surface area (Å²) in [4.78, 5) is 28.8. The minimum atomic E-state index is -0.311. The molecule has 1 amide bonds. The molecule has 0 spiro atoms. The van der Waals surface area contributed by atoms with E-state index in [9.17, 15) is 9.18 Å². The van der Waals surface area contributed by atoms with Crippen LogP contribution >= 0.6 is 0 Å². The van der Waals surface area contributed by atoms with E-state index in [2.05, 4.69) is 39.0 Å². The fourth-order valence-corrected chi connectivity index (χ4v) is 3.45. The number of fused-ring (bicyclic) bond motifs is 1. The number of nitrogens with one attached hydrogen (secondary N) is 2. The molecule has 3 heterocycles. The first-order chi connectivity index (χ1) is 13.5. The van der Waals surface area contributed by atoms with Gasteiger partial charge in [0, 0.05) is 55.5 Å². The number of halogens is 1. The zero-order valence-electron chi connectivity index (χ0n) is 15.9. The van der Waals surface area contributed by atoms with Gasteiger partial charge in [-0.15, -0.1) is 0 Å². The fraction of sp³-hybridized carbons (Fsp3) is 0.350. The fourth-order valence-electron chi connectivity index (χ4n) is 3.45. The molecule has 28 heavy (non-hydrogen) atoms. The smallest absolute Gasteiger partial charge is 0.270 e. The van der Waals surface area contributed by atoms with Crippen LogP contribution in [0.25, 0.3) is 10.9 Å². The first-order valence-corrected chi connectivity index (χ1v) is 9.41. The third-order valence-corrected chi connectivity index (χ3v) is 4.78. The second-order valence-electron chi connectivity index (χ2n) is 7.22. The molecule has 146 valence electrons. The molecule has 3 aromatic rings. The van der Waals surface area contributed by atoms with E-state index < -0.39 is 0 Å². The normalized spacial score (nSPS) is 14.7. The molecule has 1 saturated heterocycles. The van der Waals surface area contributed by atoms with Crippen molar-refractivity contribution in [3.63, 3.8) is 0 Å². The lowest BCUT2D eigenvalue weighted by atomic mass is 10.2. The average Bonchev–Trinajstić information content (AvgIpc) is 3.11. The lowest BCUT2D eigenvalue weighted by molar-refractivity contribution is 0.0741. The maximum atomic E-state index is 13.4. The number of aromatic amines is 1. The number of H-pyrrole nitrogens is 1. The van der Waals surface area contributed by atoms with Crippen molar-refractivity contribution in [1.82, 2.24) is 19.9 Å². The first kappa shape index (κ1) is 18.2. The van der Waals surface area contributed by atoms with Crippen LogP contribution in [-0.2, 0) is 0 Å². The monoisotopic (exact) mass is 382 g/mol. The van der Waals surface area contributed by atoms with Gasteiger partial charge in [0.1, 0.15) is 11.5 Å². The molecule has 0 radical (unpaired) electrons. The molecule has 0 saturated carbocycles. The molecule has 2 N–H and O–H groups in total. The summed E-state index contributed by atoms with van der Waals surface area (Å²) in [5.41, 5.74) is 1.24. The predicted octanol–water partition coefficient (Wildman–Crippen LogP) is 2.88. The molecule has 1 aliphatic heterocycles. The average molecular weight is 382 g/mol. The van der Waals surface area contributed by atoms with Crippen molar-refractivity contribution >= 4 is 28.4 Å². The minimum Gasteiger partial charge on any atom is -0.365 e. The highest BCUT2D eigenvalue weighted by molar-refractivity contribution is 5.98. The summed E-state index contributed by atoms with van der Waals surface area (Å²) in [5.74, 6) is 1.18. The van der Waals surface area contributed by atoms with Gasteiger partial charge in [-0.3, -0.25) is 4.79 Å². The number of rotatable bonds is 4. The van der Waals surface area contributed by atoms with E-state index >= 15 is 0 Å². The second kappa shape index (κ2) is 7.46. The highest BCUT2D eigenvalue weighted by Gasteiger charge is 2.25. The van der Waals surface area contributed by atoms with Crippen LogP contribution in [0.3, 0.4) is 0 Å². The molecule has 1 aliphatic rings. The van der Waals surface area contributed by atoms with Crippen molar-refractivity contribution in [3.05, 3.63) is 48.2 Å². The van der Waals surface area contributed by atoms with Gasteiger partial charge in [-0.2, -0.15) is 0 Å². The third kappa shape index (κ3) is 3.62. The number of benzene rings is 1. The lowest BCUT2D eigenvalue weighted by Gasteiger charge is -2.35. The number of nitrogens with zero attached hydrogens (tertiary/aromatic N) is 4. The third-order valence-electron chi connectivity index (χ3n) is 4.78. The summed E-state index contributed by atoms with van der Waals surface area (Å²) >= 11 is 0. The number of anilines is 2. The molecule has 8 heteroatoms. The molecular formula is C20H23FN6O. The Kier molecular flexibility index (Phi) is 4.85. The molecule has 0 unspecified atom stereocenters. The van der Waals surface area contributed by atoms with Crippen molar-refractivity contribution in [2.75, 3.05) is 36.4 Å². The van der Waals surface area contributed by atoms with Crippen molar-refractivity contribution in [3.8, 4) is 0 Å². The summed E-state index contributed by atoms with van der Waals surface area (Å²) in [5, 5.41) is 4.02. The van der Waals surface area contributed by atoms with Gasteiger partial charge >= 0.3 is 0 Å². The van der Waals surface area contributed by atoms with E-state index in [4.69, 9.17) is 0 Å². The first-order valence-electron chi connectivity index (χ1n) is 9.41. The Bertz CT molecular complexity index is 993. The lowest BCUT2D eigenvalue weighted by Crippen LogP contribution is -2.49. The van der Waals surface area contributed by atoms with Crippen LogP contribution in [0.15, 0.2) is 36.7 Å². The van der Waals surface area contributed by atoms with Gasteiger partial charge in [0.25, 0.3) is 5.91 Å². The van der Waals surface area contributed by atoms with Crippen molar-refractivity contribution in [2.24, 2.45) is 0 Å². The summed E-state index contributed by atoms with van der Waals surface area (Å²) in [6.45, 7) is 6.63. The van der Waals surface area contributed by atoms with Crippen LogP contribution < -0.4 is 10.2 Å². The van der Waals surface area contributed by atoms with E-state index in [-0.39, 0.29) is 17.8 Å². The van der Waals surface area contributed by atoms with E-state index in [1.807, 2.05) is 4.90 Å². The SMILES string of the molecule is CC(C)Nc1nccnc1N1CCN(C(=O)c2cc3cc(F)ccc3[nH]2)CC1. The van der Waals surface area contributed by atoms with E-state index in [1.54, 1.807) is 24.5 Å². The van der Waals surface area contributed by atoms with Crippen molar-refractivity contribution in [1.29, 1.82) is 0 Å². The van der Waals surface area contributed by atoms with Crippen LogP contribution in [0, 0.1) is 5.82 Å². The van der Waals surface area contributed by atoms with Gasteiger partial charge in [-0.1, -0.05) is 0 Å². The Morgan fingerprint density at radius 2 is 1.89 bits per heavy atom. The molecule has 2 aromatic heterocycles. The summed E-state index contributed by atoms with van der Waals surface area (Å²) in [6.07, 6.45) is 3.36. The predicted molar refractivity (Wildman–Crippen MR) is 107 cm³/mol. The van der Waals surface area contributed by atoms with Gasteiger partial charge in [0.05, 0.1) is 0 Å². The number of carbonyl (C=O) groups excluding carboxylic acids is 1. The minimum absolute atomic E-state index is 0.0732. The Labute approximate surface area is 162 Å². The van der Waals surface area contributed by atoms with Crippen LogP contribution in [0.1, 0.15) is 24.3 Å². The maximum Gasteiger partial charge on any atom is 0.270 e. The highest BCUT2D eigenvalue weighted by Crippen LogP contribution is 2.23. The molecule has 1 fully saturated rings. The van der Waals surface area contributed by atoms with E-state index in [0.29, 0.717) is 37.3 Å². The number of hydrogen-bond donors (Lipinski definition) is 2. The number of piperazine rings is 1. The molecule has 1 aromatic carbocycles. The standard InChI is InChI=1S/C20H23FN6O/c1-13(2)24-18-19(23-6-5-22-18)26-7-9-27(10-8-26)20(28)17-12-14-11-15(21)3-4-16(14)25-17/h3-6,11-13,25H,7-10H2,1-2H3,(H,22,24). The zero-order valence-corrected chi connectivity index (χ0v) is 15.9. The Balaban J connectivity index is 1.46. The molecule has 0 aliphatic carbocycles. The second-order valence-corrected chi connectivity index (χ2v) is 7.22. The van der Waals surface area contributed by atoms with Crippen LogP contribution in [-0.4, -0.2) is 58.0 Å². The largest absolute Gasteiger partial charge is 0.365 e. The van der Waals surface area contributed by atoms with Gasteiger partial charge in [0.15, 0.2) is 11.6 Å². The van der Waals surface area contributed by atoms with Crippen molar-refractivity contribution < 1.29 is 9.18 Å². The summed E-state index contributed by atoms with van der Waals surface area (Å²) < 4.78 is 13.4. The van der Waals surface area contributed by atoms with Gasteiger partial charge in [-0.25, -0.2) is 14.4 Å². The quantitative estimate of drug-likeness (QED) is 0.726. The number of aromatic nitrogens is 3. The molecular weight excluding hydrogens is 359 g/mol. The number of amides is 1. The van der Waals surface area contributed by atoms with Crippen LogP contribution in [0.2, 0.25) is 0 Å².